The van der Waals surface area contributed by atoms with Crippen LogP contribution in [0.3, 0.4) is 0 Å². The molecule has 3 rings (SSSR count). The Hall–Kier alpha value is -1.87. The number of rotatable bonds is 3. The molecule has 132 valence electrons. The summed E-state index contributed by atoms with van der Waals surface area (Å²) in [6.45, 7) is 0.399. The Kier molecular flexibility index (Phi) is 4.39. The van der Waals surface area contributed by atoms with Crippen molar-refractivity contribution in [3.8, 4) is 5.75 Å². The second-order valence-corrected chi connectivity index (χ2v) is 7.87. The number of aromatic hydroxyl groups is 1. The monoisotopic (exact) mass is 357 g/mol. The molecule has 0 bridgehead atoms. The van der Waals surface area contributed by atoms with Gasteiger partial charge in [-0.15, -0.1) is 0 Å². The van der Waals surface area contributed by atoms with Gasteiger partial charge in [-0.2, -0.15) is 8.42 Å². The van der Waals surface area contributed by atoms with E-state index in [1.807, 2.05) is 7.05 Å². The highest BCUT2D eigenvalue weighted by Gasteiger charge is 2.38. The molecule has 2 fully saturated rings. The number of nitrogens with zero attached hydrogens (tertiary/aromatic N) is 2. The minimum Gasteiger partial charge on any atom is -0.506 e. The van der Waals surface area contributed by atoms with Crippen LogP contribution in [-0.2, 0) is 21.4 Å². The second-order valence-electron chi connectivity index (χ2n) is 6.28. The standard InChI is InChI=1S/C15H20FN3O4S/c1-18-7-3-2-4-11(18)8-10-5-6-12(20)15(14(10)16)19-9-13(21)17-24(19,22)23/h5-6,11,20H,2-4,7-9H2,1H3,(H,17,21). The Morgan fingerprint density at radius 2 is 2.12 bits per heavy atom. The number of carbonyl (C=O) groups is 1. The molecule has 2 saturated heterocycles. The van der Waals surface area contributed by atoms with E-state index in [4.69, 9.17) is 0 Å². The van der Waals surface area contributed by atoms with Crippen LogP contribution in [0.15, 0.2) is 12.1 Å². The summed E-state index contributed by atoms with van der Waals surface area (Å²) in [4.78, 5) is 13.5. The summed E-state index contributed by atoms with van der Waals surface area (Å²) in [6, 6.07) is 2.91. The van der Waals surface area contributed by atoms with Crippen molar-refractivity contribution in [2.24, 2.45) is 0 Å². The quantitative estimate of drug-likeness (QED) is 0.833. The molecule has 1 amide bonds. The van der Waals surface area contributed by atoms with Crippen molar-refractivity contribution in [2.75, 3.05) is 24.4 Å². The normalized spacial score (nSPS) is 24.2. The molecular formula is C15H20FN3O4S. The lowest BCUT2D eigenvalue weighted by atomic mass is 9.95. The summed E-state index contributed by atoms with van der Waals surface area (Å²) >= 11 is 0. The van der Waals surface area contributed by atoms with Crippen molar-refractivity contribution in [2.45, 2.75) is 31.7 Å². The lowest BCUT2D eigenvalue weighted by molar-refractivity contribution is -0.117. The second kappa shape index (κ2) is 6.21. The third-order valence-corrected chi connectivity index (χ3v) is 6.00. The van der Waals surface area contributed by atoms with Gasteiger partial charge in [0.15, 0.2) is 5.82 Å². The van der Waals surface area contributed by atoms with Gasteiger partial charge in [-0.25, -0.2) is 13.4 Å². The highest BCUT2D eigenvalue weighted by atomic mass is 32.2. The molecule has 1 aromatic carbocycles. The Balaban J connectivity index is 1.95. The average molecular weight is 357 g/mol. The van der Waals surface area contributed by atoms with Gasteiger partial charge in [0.25, 0.3) is 5.91 Å². The fraction of sp³-hybridized carbons (Fsp3) is 0.533. The number of halogens is 1. The van der Waals surface area contributed by atoms with E-state index in [0.717, 1.165) is 25.8 Å². The molecule has 2 N–H and O–H groups in total. The number of nitrogens with one attached hydrogen (secondary N) is 1. The van der Waals surface area contributed by atoms with Crippen LogP contribution >= 0.6 is 0 Å². The molecule has 0 aromatic heterocycles. The van der Waals surface area contributed by atoms with Crippen LogP contribution in [0.25, 0.3) is 0 Å². The maximum Gasteiger partial charge on any atom is 0.326 e. The Morgan fingerprint density at radius 1 is 1.38 bits per heavy atom. The highest BCUT2D eigenvalue weighted by molar-refractivity contribution is 7.92. The fourth-order valence-corrected chi connectivity index (χ4v) is 4.46. The largest absolute Gasteiger partial charge is 0.506 e. The van der Waals surface area contributed by atoms with Crippen molar-refractivity contribution >= 4 is 21.8 Å². The molecule has 1 unspecified atom stereocenters. The zero-order valence-electron chi connectivity index (χ0n) is 13.3. The molecule has 7 nitrogen and oxygen atoms in total. The lowest BCUT2D eigenvalue weighted by Gasteiger charge is -2.32. The zero-order valence-corrected chi connectivity index (χ0v) is 14.1. The summed E-state index contributed by atoms with van der Waals surface area (Å²) in [5.41, 5.74) is -0.139. The third kappa shape index (κ3) is 3.05. The molecule has 2 aliphatic heterocycles. The van der Waals surface area contributed by atoms with Crippen LogP contribution in [0.5, 0.6) is 5.75 Å². The molecule has 0 spiro atoms. The van der Waals surface area contributed by atoms with Crippen LogP contribution in [0.4, 0.5) is 10.1 Å². The highest BCUT2D eigenvalue weighted by Crippen LogP contribution is 2.36. The number of likely N-dealkylation sites (N-methyl/N-ethyl adjacent to an activating group) is 1. The Bertz CT molecular complexity index is 768. The Labute approximate surface area is 140 Å². The van der Waals surface area contributed by atoms with E-state index in [2.05, 4.69) is 4.90 Å². The van der Waals surface area contributed by atoms with E-state index in [0.29, 0.717) is 16.3 Å². The summed E-state index contributed by atoms with van der Waals surface area (Å²) in [6.07, 6.45) is 3.54. The maximum atomic E-state index is 14.9. The number of piperidine rings is 1. The molecule has 1 atom stereocenters. The molecular weight excluding hydrogens is 337 g/mol. The molecule has 1 aromatic rings. The molecule has 0 radical (unpaired) electrons. The van der Waals surface area contributed by atoms with Gasteiger partial charge in [0, 0.05) is 6.04 Å². The first-order chi connectivity index (χ1) is 11.3. The van der Waals surface area contributed by atoms with Crippen LogP contribution in [0, 0.1) is 5.82 Å². The summed E-state index contributed by atoms with van der Waals surface area (Å²) in [5.74, 6) is -2.06. The number of carbonyl (C=O) groups excluding carboxylic acids is 1. The topological polar surface area (TPSA) is 89.9 Å². The number of anilines is 1. The van der Waals surface area contributed by atoms with E-state index in [9.17, 15) is 22.7 Å². The number of hydrogen-bond acceptors (Lipinski definition) is 5. The van der Waals surface area contributed by atoms with Gasteiger partial charge < -0.3 is 10.0 Å². The van der Waals surface area contributed by atoms with Crippen LogP contribution in [0.2, 0.25) is 0 Å². The summed E-state index contributed by atoms with van der Waals surface area (Å²) < 4.78 is 41.1. The van der Waals surface area contributed by atoms with Gasteiger partial charge in [0.2, 0.25) is 0 Å². The number of likely N-dealkylation sites (tertiary alicyclic amines) is 1. The van der Waals surface area contributed by atoms with Crippen LogP contribution in [0.1, 0.15) is 24.8 Å². The van der Waals surface area contributed by atoms with Crippen molar-refractivity contribution in [3.63, 3.8) is 0 Å². The van der Waals surface area contributed by atoms with E-state index >= 15 is 0 Å². The molecule has 0 aliphatic carbocycles. The molecule has 2 aliphatic rings. The van der Waals surface area contributed by atoms with Gasteiger partial charge in [0.05, 0.1) is 0 Å². The number of amides is 1. The minimum atomic E-state index is -4.17. The number of phenols is 1. The fourth-order valence-electron chi connectivity index (χ4n) is 3.29. The minimum absolute atomic E-state index is 0.167. The average Bonchev–Trinajstić information content (AvgIpc) is 2.77. The summed E-state index contributed by atoms with van der Waals surface area (Å²) in [5, 5.41) is 9.96. The predicted molar refractivity (Wildman–Crippen MR) is 86.4 cm³/mol. The van der Waals surface area contributed by atoms with Crippen LogP contribution < -0.4 is 9.03 Å². The van der Waals surface area contributed by atoms with E-state index in [1.54, 1.807) is 4.72 Å². The number of benzene rings is 1. The SMILES string of the molecule is CN1CCCCC1Cc1ccc(O)c(N2CC(=O)NS2(=O)=O)c1F. The van der Waals surface area contributed by atoms with Crippen LogP contribution in [-0.4, -0.2) is 50.5 Å². The number of phenolic OH excluding ortho intramolecular Hbond substituents is 1. The predicted octanol–water partition coefficient (Wildman–Crippen LogP) is 0.739. The van der Waals surface area contributed by atoms with E-state index in [1.165, 1.54) is 12.1 Å². The zero-order chi connectivity index (χ0) is 17.5. The molecule has 24 heavy (non-hydrogen) atoms. The van der Waals surface area contributed by atoms with Gasteiger partial charge in [-0.05, 0) is 44.5 Å². The Morgan fingerprint density at radius 3 is 2.75 bits per heavy atom. The van der Waals surface area contributed by atoms with Crippen molar-refractivity contribution in [1.29, 1.82) is 0 Å². The molecule has 9 heteroatoms. The first-order valence-electron chi connectivity index (χ1n) is 7.83. The molecule has 0 saturated carbocycles. The van der Waals surface area contributed by atoms with E-state index in [-0.39, 0.29) is 6.04 Å². The number of hydrogen-bond donors (Lipinski definition) is 2. The molecule has 2 heterocycles. The van der Waals surface area contributed by atoms with Gasteiger partial charge in [0.1, 0.15) is 18.0 Å². The van der Waals surface area contributed by atoms with Gasteiger partial charge >= 0.3 is 10.2 Å². The third-order valence-electron chi connectivity index (χ3n) is 4.62. The van der Waals surface area contributed by atoms with Crippen molar-refractivity contribution in [3.05, 3.63) is 23.5 Å². The maximum absolute atomic E-state index is 14.9. The lowest BCUT2D eigenvalue weighted by Crippen LogP contribution is -2.38. The first kappa shape index (κ1) is 17.0. The van der Waals surface area contributed by atoms with Gasteiger partial charge in [-0.1, -0.05) is 12.5 Å². The van der Waals surface area contributed by atoms with E-state index < -0.39 is 39.9 Å². The van der Waals surface area contributed by atoms with Gasteiger partial charge in [-0.3, -0.25) is 4.79 Å². The van der Waals surface area contributed by atoms with Crippen molar-refractivity contribution < 1.29 is 22.7 Å². The smallest absolute Gasteiger partial charge is 0.326 e. The first-order valence-corrected chi connectivity index (χ1v) is 9.27. The summed E-state index contributed by atoms with van der Waals surface area (Å²) in [7, 11) is -2.19. The van der Waals surface area contributed by atoms with Crippen molar-refractivity contribution in [1.82, 2.24) is 9.62 Å².